The van der Waals surface area contributed by atoms with Gasteiger partial charge in [0.1, 0.15) is 5.75 Å². The summed E-state index contributed by atoms with van der Waals surface area (Å²) >= 11 is 0. The van der Waals surface area contributed by atoms with Gasteiger partial charge in [-0.2, -0.15) is 0 Å². The van der Waals surface area contributed by atoms with Crippen LogP contribution < -0.4 is 15.8 Å². The fourth-order valence-electron chi connectivity index (χ4n) is 2.69. The highest BCUT2D eigenvalue weighted by Gasteiger charge is 2.17. The summed E-state index contributed by atoms with van der Waals surface area (Å²) < 4.78 is 5.21. The third-order valence-corrected chi connectivity index (χ3v) is 4.18. The third kappa shape index (κ3) is 4.51. The van der Waals surface area contributed by atoms with Crippen molar-refractivity contribution in [3.63, 3.8) is 0 Å². The highest BCUT2D eigenvalue weighted by atomic mass is 16.5. The number of methoxy groups -OCH3 is 1. The molecule has 3 N–H and O–H groups in total. The van der Waals surface area contributed by atoms with Crippen molar-refractivity contribution in [1.29, 1.82) is 0 Å². The number of carbonyl (C=O) groups excluding carboxylic acids is 1. The number of aryl methyl sites for hydroxylation is 1. The predicted octanol–water partition coefficient (Wildman–Crippen LogP) is 4.25. The summed E-state index contributed by atoms with van der Waals surface area (Å²) in [6.45, 7) is 4.07. The summed E-state index contributed by atoms with van der Waals surface area (Å²) in [5.41, 5.74) is 9.06. The molecule has 0 saturated heterocycles. The van der Waals surface area contributed by atoms with Crippen molar-refractivity contribution in [1.82, 2.24) is 5.32 Å². The molecule has 0 aliphatic rings. The van der Waals surface area contributed by atoms with E-state index in [4.69, 9.17) is 10.5 Å². The van der Waals surface area contributed by atoms with Gasteiger partial charge in [0.05, 0.1) is 13.2 Å². The number of hydrogen-bond acceptors (Lipinski definition) is 3. The quantitative estimate of drug-likeness (QED) is 0.748. The summed E-state index contributed by atoms with van der Waals surface area (Å²) in [7, 11) is 1.65. The van der Waals surface area contributed by atoms with E-state index in [1.165, 1.54) is 0 Å². The number of carbonyl (C=O) groups is 1. The summed E-state index contributed by atoms with van der Waals surface area (Å²) in [4.78, 5) is 12.7. The summed E-state index contributed by atoms with van der Waals surface area (Å²) in [5.74, 6) is 0.725. The molecule has 4 heteroatoms. The van der Waals surface area contributed by atoms with Crippen LogP contribution in [-0.4, -0.2) is 13.0 Å². The summed E-state index contributed by atoms with van der Waals surface area (Å²) in [6.07, 6.45) is 3.03. The first-order chi connectivity index (χ1) is 11.5. The molecule has 0 aliphatic carbocycles. The normalized spacial score (nSPS) is 11.8. The highest BCUT2D eigenvalue weighted by Crippen LogP contribution is 2.23. The van der Waals surface area contributed by atoms with Gasteiger partial charge in [0.2, 0.25) is 0 Å². The molecule has 24 heavy (non-hydrogen) atoms. The molecule has 1 atom stereocenters. The Morgan fingerprint density at radius 1 is 1.21 bits per heavy atom. The highest BCUT2D eigenvalue weighted by molar-refractivity contribution is 5.96. The predicted molar refractivity (Wildman–Crippen MR) is 98.3 cm³/mol. The van der Waals surface area contributed by atoms with E-state index < -0.39 is 0 Å². The van der Waals surface area contributed by atoms with Gasteiger partial charge < -0.3 is 15.8 Å². The second-order valence-electron chi connectivity index (χ2n) is 6.02. The Hall–Kier alpha value is -2.49. The minimum Gasteiger partial charge on any atom is -0.497 e. The van der Waals surface area contributed by atoms with E-state index in [9.17, 15) is 4.79 Å². The van der Waals surface area contributed by atoms with Crippen molar-refractivity contribution in [3.8, 4) is 5.75 Å². The number of anilines is 1. The molecule has 0 saturated carbocycles. The third-order valence-electron chi connectivity index (χ3n) is 4.18. The van der Waals surface area contributed by atoms with Gasteiger partial charge in [-0.3, -0.25) is 4.79 Å². The molecule has 2 aromatic rings. The first kappa shape index (κ1) is 17.9. The lowest BCUT2D eigenvalue weighted by molar-refractivity contribution is 0.0933. The summed E-state index contributed by atoms with van der Waals surface area (Å²) in [6, 6.07) is 13.2. The number of amides is 1. The average molecular weight is 326 g/mol. The molecule has 0 spiro atoms. The standard InChI is InChI=1S/C20H26N2O2/c1-4-5-6-19(15-8-11-17(24-3)12-9-15)22-20(23)18-13-16(21)10-7-14(18)2/h7-13,19H,4-6,21H2,1-3H3,(H,22,23). The van der Waals surface area contributed by atoms with Gasteiger partial charge in [-0.15, -0.1) is 0 Å². The van der Waals surface area contributed by atoms with Crippen LogP contribution in [0.15, 0.2) is 42.5 Å². The monoisotopic (exact) mass is 326 g/mol. The van der Waals surface area contributed by atoms with Crippen LogP contribution in [0.4, 0.5) is 5.69 Å². The Bertz CT molecular complexity index is 681. The molecule has 0 radical (unpaired) electrons. The zero-order chi connectivity index (χ0) is 17.5. The van der Waals surface area contributed by atoms with Gasteiger partial charge in [-0.25, -0.2) is 0 Å². The van der Waals surface area contributed by atoms with E-state index in [0.29, 0.717) is 11.3 Å². The number of hydrogen-bond donors (Lipinski definition) is 2. The van der Waals surface area contributed by atoms with E-state index >= 15 is 0 Å². The minimum atomic E-state index is -0.0864. The number of nitrogens with one attached hydrogen (secondary N) is 1. The fraction of sp³-hybridized carbons (Fsp3) is 0.350. The number of nitrogens with two attached hydrogens (primary N) is 1. The Morgan fingerprint density at radius 3 is 2.54 bits per heavy atom. The van der Waals surface area contributed by atoms with Crippen molar-refractivity contribution >= 4 is 11.6 Å². The number of benzene rings is 2. The van der Waals surface area contributed by atoms with Crippen LogP contribution in [0.2, 0.25) is 0 Å². The molecule has 0 aliphatic heterocycles. The van der Waals surface area contributed by atoms with Crippen molar-refractivity contribution in [2.75, 3.05) is 12.8 Å². The number of ether oxygens (including phenoxy) is 1. The van der Waals surface area contributed by atoms with Crippen molar-refractivity contribution in [2.45, 2.75) is 39.2 Å². The van der Waals surface area contributed by atoms with Crippen LogP contribution in [0.1, 0.15) is 53.7 Å². The second-order valence-corrected chi connectivity index (χ2v) is 6.02. The largest absolute Gasteiger partial charge is 0.497 e. The maximum atomic E-state index is 12.7. The Kier molecular flexibility index (Phi) is 6.24. The van der Waals surface area contributed by atoms with Crippen molar-refractivity contribution in [3.05, 3.63) is 59.2 Å². The molecule has 0 fully saturated rings. The first-order valence-corrected chi connectivity index (χ1v) is 8.36. The molecule has 4 nitrogen and oxygen atoms in total. The van der Waals surface area contributed by atoms with Gasteiger partial charge in [0, 0.05) is 11.3 Å². The molecule has 2 rings (SSSR count). The molecule has 0 aromatic heterocycles. The van der Waals surface area contributed by atoms with E-state index in [0.717, 1.165) is 36.1 Å². The van der Waals surface area contributed by atoms with Gasteiger partial charge in [-0.1, -0.05) is 38.0 Å². The van der Waals surface area contributed by atoms with Gasteiger partial charge >= 0.3 is 0 Å². The molecule has 1 unspecified atom stereocenters. The van der Waals surface area contributed by atoms with E-state index in [-0.39, 0.29) is 11.9 Å². The molecule has 2 aromatic carbocycles. The lowest BCUT2D eigenvalue weighted by Crippen LogP contribution is -2.29. The van der Waals surface area contributed by atoms with Crippen LogP contribution in [0.3, 0.4) is 0 Å². The van der Waals surface area contributed by atoms with Crippen LogP contribution in [-0.2, 0) is 0 Å². The first-order valence-electron chi connectivity index (χ1n) is 8.36. The zero-order valence-electron chi connectivity index (χ0n) is 14.6. The fourth-order valence-corrected chi connectivity index (χ4v) is 2.69. The van der Waals surface area contributed by atoms with Gasteiger partial charge in [0.25, 0.3) is 5.91 Å². The van der Waals surface area contributed by atoms with Crippen LogP contribution in [0.5, 0.6) is 5.75 Å². The summed E-state index contributed by atoms with van der Waals surface area (Å²) in [5, 5.41) is 3.15. The van der Waals surface area contributed by atoms with Crippen LogP contribution in [0.25, 0.3) is 0 Å². The maximum absolute atomic E-state index is 12.7. The number of nitrogen functional groups attached to an aromatic ring is 1. The Labute approximate surface area is 144 Å². The molecular formula is C20H26N2O2. The van der Waals surface area contributed by atoms with Gasteiger partial charge in [0.15, 0.2) is 0 Å². The Morgan fingerprint density at radius 2 is 1.92 bits per heavy atom. The van der Waals surface area contributed by atoms with Crippen LogP contribution in [0, 0.1) is 6.92 Å². The lowest BCUT2D eigenvalue weighted by Gasteiger charge is -2.20. The zero-order valence-corrected chi connectivity index (χ0v) is 14.6. The van der Waals surface area contributed by atoms with Crippen LogP contribution >= 0.6 is 0 Å². The van der Waals surface area contributed by atoms with E-state index in [2.05, 4.69) is 12.2 Å². The molecule has 0 bridgehead atoms. The molecule has 0 heterocycles. The minimum absolute atomic E-state index is 0.0239. The maximum Gasteiger partial charge on any atom is 0.252 e. The van der Waals surface area contributed by atoms with Gasteiger partial charge in [-0.05, 0) is 48.7 Å². The molecule has 1 amide bonds. The van der Waals surface area contributed by atoms with Crippen molar-refractivity contribution in [2.24, 2.45) is 0 Å². The van der Waals surface area contributed by atoms with E-state index in [1.807, 2.05) is 43.3 Å². The van der Waals surface area contributed by atoms with E-state index in [1.54, 1.807) is 13.2 Å². The second kappa shape index (κ2) is 8.39. The Balaban J connectivity index is 2.21. The molecular weight excluding hydrogens is 300 g/mol. The smallest absolute Gasteiger partial charge is 0.252 e. The lowest BCUT2D eigenvalue weighted by atomic mass is 9.99. The topological polar surface area (TPSA) is 64.4 Å². The van der Waals surface area contributed by atoms with Crippen molar-refractivity contribution < 1.29 is 9.53 Å². The molecule has 128 valence electrons. The number of rotatable bonds is 7. The SMILES string of the molecule is CCCCC(NC(=O)c1cc(N)ccc1C)c1ccc(OC)cc1. The average Bonchev–Trinajstić information content (AvgIpc) is 2.60. The number of unbranched alkanes of at least 4 members (excludes halogenated alkanes) is 1.